The Morgan fingerprint density at radius 3 is 2.36 bits per heavy atom. The lowest BCUT2D eigenvalue weighted by molar-refractivity contribution is -0.116. The first-order chi connectivity index (χ1) is 21.3. The van der Waals surface area contributed by atoms with Crippen LogP contribution in [-0.2, 0) is 17.8 Å². The Kier molecular flexibility index (Phi) is 8.89. The number of ether oxygens (including phenoxy) is 2. The minimum Gasteiger partial charge on any atom is -0.496 e. The molecule has 0 unspecified atom stereocenters. The van der Waals surface area contributed by atoms with E-state index in [1.807, 2.05) is 42.5 Å². The monoisotopic (exact) mass is 632 g/mol. The molecule has 1 aromatic heterocycles. The zero-order valence-electron chi connectivity index (χ0n) is 24.9. The molecule has 8 nitrogen and oxygen atoms in total. The van der Waals surface area contributed by atoms with Crippen LogP contribution >= 0.6 is 23.2 Å². The Hall–Kier alpha value is -3.53. The lowest BCUT2D eigenvalue weighted by Gasteiger charge is -2.35. The molecule has 1 fully saturated rings. The van der Waals surface area contributed by atoms with Gasteiger partial charge < -0.3 is 19.9 Å². The Bertz CT molecular complexity index is 1720. The van der Waals surface area contributed by atoms with Gasteiger partial charge in [0.05, 0.1) is 48.8 Å². The molecule has 10 heteroatoms. The van der Waals surface area contributed by atoms with Crippen LogP contribution in [0.4, 0.5) is 0 Å². The number of nitrogens with zero attached hydrogens (tertiary/aromatic N) is 3. The first-order valence-electron chi connectivity index (χ1n) is 14.6. The SMILES string of the molecule is COc1cc(-c2cccc(-c3cccc(-c4cnc(CN5CC(O)C5)c(OC)n4)c3Cl)c2Cl)cc2c1[C@@H](NCC(C)=O)CC2. The number of carbonyl (C=O) groups is 1. The van der Waals surface area contributed by atoms with Crippen molar-refractivity contribution in [2.45, 2.75) is 38.5 Å². The number of likely N-dealkylation sites (tertiary alicyclic amines) is 1. The van der Waals surface area contributed by atoms with E-state index in [1.54, 1.807) is 27.3 Å². The van der Waals surface area contributed by atoms with Crippen LogP contribution in [0.25, 0.3) is 33.5 Å². The summed E-state index contributed by atoms with van der Waals surface area (Å²) in [4.78, 5) is 23.0. The van der Waals surface area contributed by atoms with Crippen molar-refractivity contribution in [3.8, 4) is 45.1 Å². The van der Waals surface area contributed by atoms with E-state index >= 15 is 0 Å². The number of aliphatic hydroxyl groups is 1. The molecule has 2 N–H and O–H groups in total. The lowest BCUT2D eigenvalue weighted by Crippen LogP contribution is -2.50. The molecule has 4 aromatic rings. The second-order valence-electron chi connectivity index (χ2n) is 11.3. The van der Waals surface area contributed by atoms with Crippen molar-refractivity contribution < 1.29 is 19.4 Å². The fourth-order valence-corrected chi connectivity index (χ4v) is 6.77. The maximum absolute atomic E-state index is 11.6. The smallest absolute Gasteiger partial charge is 0.237 e. The first kappa shape index (κ1) is 30.5. The van der Waals surface area contributed by atoms with E-state index in [4.69, 9.17) is 37.7 Å². The number of aryl methyl sites for hydroxylation is 1. The quantitative estimate of drug-likeness (QED) is 0.215. The van der Waals surface area contributed by atoms with E-state index in [2.05, 4.69) is 21.3 Å². The summed E-state index contributed by atoms with van der Waals surface area (Å²) in [5.41, 5.74) is 7.68. The van der Waals surface area contributed by atoms with Crippen LogP contribution in [0.3, 0.4) is 0 Å². The number of hydrogen-bond donors (Lipinski definition) is 2. The summed E-state index contributed by atoms with van der Waals surface area (Å²) < 4.78 is 11.4. The molecule has 1 saturated heterocycles. The van der Waals surface area contributed by atoms with E-state index in [1.165, 1.54) is 5.56 Å². The van der Waals surface area contributed by atoms with Crippen molar-refractivity contribution >= 4 is 29.0 Å². The summed E-state index contributed by atoms with van der Waals surface area (Å²) in [6.07, 6.45) is 3.18. The van der Waals surface area contributed by atoms with Crippen LogP contribution < -0.4 is 14.8 Å². The van der Waals surface area contributed by atoms with Gasteiger partial charge in [-0.3, -0.25) is 14.7 Å². The third-order valence-electron chi connectivity index (χ3n) is 8.29. The van der Waals surface area contributed by atoms with E-state index in [-0.39, 0.29) is 17.9 Å². The molecule has 2 heterocycles. The van der Waals surface area contributed by atoms with Gasteiger partial charge in [0.15, 0.2) is 0 Å². The van der Waals surface area contributed by atoms with Gasteiger partial charge in [-0.2, -0.15) is 0 Å². The summed E-state index contributed by atoms with van der Waals surface area (Å²) in [7, 11) is 3.24. The highest BCUT2D eigenvalue weighted by Gasteiger charge is 2.28. The number of nitrogens with one attached hydrogen (secondary N) is 1. The van der Waals surface area contributed by atoms with Crippen molar-refractivity contribution in [3.63, 3.8) is 0 Å². The minimum atomic E-state index is -0.293. The highest BCUT2D eigenvalue weighted by molar-refractivity contribution is 6.39. The fraction of sp³-hybridized carbons (Fsp3) is 0.324. The van der Waals surface area contributed by atoms with Crippen LogP contribution in [0.15, 0.2) is 54.7 Å². The van der Waals surface area contributed by atoms with Crippen LogP contribution in [0.5, 0.6) is 11.6 Å². The largest absolute Gasteiger partial charge is 0.496 e. The standard InChI is InChI=1S/C34H34Cl2N4O4/c1-19(41)14-37-27-11-10-20-12-21(13-30(43-2)31(20)27)23-6-4-7-24(32(23)35)25-8-5-9-26(33(25)36)28-15-38-29(34(39-28)44-3)18-40-16-22(42)17-40/h4-9,12-13,15,22,27,37,42H,10-11,14,16-18H2,1-3H3/t27-/m0/s1. The molecule has 2 aliphatic rings. The number of fused-ring (bicyclic) bond motifs is 1. The number of ketones is 1. The molecular weight excluding hydrogens is 599 g/mol. The van der Waals surface area contributed by atoms with Gasteiger partial charge in [-0.15, -0.1) is 0 Å². The topological polar surface area (TPSA) is 96.8 Å². The number of β-amino-alcohol motifs (C(OH)–C–C–N with tert-alkyl or cyclic N) is 1. The van der Waals surface area contributed by atoms with Crippen molar-refractivity contribution in [1.29, 1.82) is 0 Å². The van der Waals surface area contributed by atoms with Gasteiger partial charge in [0.25, 0.3) is 0 Å². The number of rotatable bonds is 10. The molecule has 228 valence electrons. The van der Waals surface area contributed by atoms with E-state index in [0.717, 1.165) is 46.4 Å². The number of aliphatic hydroxyl groups excluding tert-OH is 1. The number of aromatic nitrogens is 2. The van der Waals surface area contributed by atoms with Gasteiger partial charge in [-0.1, -0.05) is 65.7 Å². The first-order valence-corrected chi connectivity index (χ1v) is 15.3. The maximum Gasteiger partial charge on any atom is 0.237 e. The molecule has 1 aliphatic carbocycles. The number of hydrogen-bond acceptors (Lipinski definition) is 8. The molecule has 3 aromatic carbocycles. The highest BCUT2D eigenvalue weighted by atomic mass is 35.5. The van der Waals surface area contributed by atoms with Gasteiger partial charge in [-0.05, 0) is 37.0 Å². The summed E-state index contributed by atoms with van der Waals surface area (Å²) in [5.74, 6) is 1.31. The number of methoxy groups -OCH3 is 2. The summed E-state index contributed by atoms with van der Waals surface area (Å²) in [6.45, 7) is 3.68. The Balaban J connectivity index is 1.33. The minimum absolute atomic E-state index is 0.0701. The Labute approximate surface area is 267 Å². The fourth-order valence-electron chi connectivity index (χ4n) is 6.11. The predicted molar refractivity (Wildman–Crippen MR) is 172 cm³/mol. The second kappa shape index (κ2) is 12.8. The molecule has 1 aliphatic heterocycles. The maximum atomic E-state index is 11.6. The molecule has 0 amide bonds. The molecule has 0 saturated carbocycles. The summed E-state index contributed by atoms with van der Waals surface area (Å²) in [6, 6.07) is 16.0. The summed E-state index contributed by atoms with van der Waals surface area (Å²) in [5, 5.41) is 14.1. The molecule has 0 bridgehead atoms. The van der Waals surface area contributed by atoms with Gasteiger partial charge >= 0.3 is 0 Å². The Morgan fingerprint density at radius 1 is 1.02 bits per heavy atom. The van der Waals surface area contributed by atoms with Gasteiger partial charge in [0, 0.05) is 53.5 Å². The number of benzene rings is 3. The van der Waals surface area contributed by atoms with Crippen LogP contribution in [0.1, 0.15) is 36.2 Å². The zero-order valence-corrected chi connectivity index (χ0v) is 26.4. The predicted octanol–water partition coefficient (Wildman–Crippen LogP) is 6.14. The molecular formula is C34H34Cl2N4O4. The van der Waals surface area contributed by atoms with Crippen molar-refractivity contribution in [2.24, 2.45) is 0 Å². The third-order valence-corrected chi connectivity index (χ3v) is 9.10. The van der Waals surface area contributed by atoms with Crippen molar-refractivity contribution in [3.05, 3.63) is 81.6 Å². The van der Waals surface area contributed by atoms with E-state index in [9.17, 15) is 9.90 Å². The highest BCUT2D eigenvalue weighted by Crippen LogP contribution is 2.45. The third kappa shape index (κ3) is 5.93. The number of Topliss-reactive ketones (excluding diaryl/α,β-unsaturated/α-hetero) is 1. The number of carbonyl (C=O) groups excluding carboxylic acids is 1. The van der Waals surface area contributed by atoms with Gasteiger partial charge in [0.1, 0.15) is 17.2 Å². The summed E-state index contributed by atoms with van der Waals surface area (Å²) >= 11 is 14.2. The molecule has 6 rings (SSSR count). The molecule has 0 spiro atoms. The molecule has 44 heavy (non-hydrogen) atoms. The second-order valence-corrected chi connectivity index (χ2v) is 12.1. The van der Waals surface area contributed by atoms with Crippen LogP contribution in [0, 0.1) is 0 Å². The van der Waals surface area contributed by atoms with Crippen LogP contribution in [0.2, 0.25) is 10.0 Å². The molecule has 1 atom stereocenters. The zero-order chi connectivity index (χ0) is 31.0. The van der Waals surface area contributed by atoms with Crippen LogP contribution in [-0.4, -0.2) is 65.7 Å². The van der Waals surface area contributed by atoms with Crippen molar-refractivity contribution in [1.82, 2.24) is 20.2 Å². The van der Waals surface area contributed by atoms with Gasteiger partial charge in [-0.25, -0.2) is 4.98 Å². The molecule has 0 radical (unpaired) electrons. The normalized spacial score (nSPS) is 16.5. The lowest BCUT2D eigenvalue weighted by atomic mass is 9.94. The average molecular weight is 634 g/mol. The average Bonchev–Trinajstić information content (AvgIpc) is 3.42. The van der Waals surface area contributed by atoms with Gasteiger partial charge in [0.2, 0.25) is 5.88 Å². The van der Waals surface area contributed by atoms with E-state index < -0.39 is 0 Å². The van der Waals surface area contributed by atoms with Crippen molar-refractivity contribution in [2.75, 3.05) is 33.9 Å². The Morgan fingerprint density at radius 2 is 1.70 bits per heavy atom. The van der Waals surface area contributed by atoms with E-state index in [0.29, 0.717) is 59.1 Å². The number of halogens is 2.